The van der Waals surface area contributed by atoms with Crippen molar-refractivity contribution in [2.24, 2.45) is 5.10 Å². The second-order valence-electron chi connectivity index (χ2n) is 5.85. The van der Waals surface area contributed by atoms with Crippen LogP contribution in [0.15, 0.2) is 59.0 Å². The van der Waals surface area contributed by atoms with E-state index in [2.05, 4.69) is 32.5 Å². The van der Waals surface area contributed by atoms with Crippen molar-refractivity contribution in [3.05, 3.63) is 59.5 Å². The van der Waals surface area contributed by atoms with E-state index in [0.29, 0.717) is 6.61 Å². The molecule has 0 spiro atoms. The number of aromatic nitrogens is 1. The van der Waals surface area contributed by atoms with E-state index < -0.39 is 0 Å². The minimum Gasteiger partial charge on any atom is -0.494 e. The molecule has 0 amide bonds. The van der Waals surface area contributed by atoms with Gasteiger partial charge in [0.1, 0.15) is 5.75 Å². The molecule has 26 heavy (non-hydrogen) atoms. The van der Waals surface area contributed by atoms with E-state index >= 15 is 0 Å². The average Bonchev–Trinajstić information content (AvgIpc) is 3.12. The molecule has 1 N–H and O–H groups in total. The second kappa shape index (κ2) is 8.49. The van der Waals surface area contributed by atoms with Gasteiger partial charge < -0.3 is 9.64 Å². The van der Waals surface area contributed by atoms with Gasteiger partial charge >= 0.3 is 0 Å². The summed E-state index contributed by atoms with van der Waals surface area (Å²) < 4.78 is 5.47. The molecule has 0 radical (unpaired) electrons. The zero-order chi connectivity index (χ0) is 18.4. The number of thiazole rings is 1. The van der Waals surface area contributed by atoms with Gasteiger partial charge in [-0.3, -0.25) is 5.43 Å². The smallest absolute Gasteiger partial charge is 0.203 e. The van der Waals surface area contributed by atoms with Gasteiger partial charge in [0.25, 0.3) is 0 Å². The summed E-state index contributed by atoms with van der Waals surface area (Å²) in [6.07, 6.45) is 1.79. The van der Waals surface area contributed by atoms with Gasteiger partial charge in [-0.1, -0.05) is 12.1 Å². The third-order valence-electron chi connectivity index (χ3n) is 3.75. The van der Waals surface area contributed by atoms with Crippen molar-refractivity contribution >= 4 is 28.4 Å². The van der Waals surface area contributed by atoms with Crippen LogP contribution in [0.1, 0.15) is 12.5 Å². The van der Waals surface area contributed by atoms with E-state index in [0.717, 1.165) is 33.4 Å². The summed E-state index contributed by atoms with van der Waals surface area (Å²) in [6.45, 7) is 2.64. The van der Waals surface area contributed by atoms with Crippen molar-refractivity contribution in [3.8, 4) is 17.0 Å². The van der Waals surface area contributed by atoms with Gasteiger partial charge in [-0.2, -0.15) is 5.10 Å². The fourth-order valence-corrected chi connectivity index (χ4v) is 3.04. The molecule has 0 saturated heterocycles. The SMILES string of the molecule is CCOc1ccc(-c2csc(NN=Cc3ccc(N(C)C)cc3)n2)cc1. The van der Waals surface area contributed by atoms with Crippen molar-refractivity contribution in [1.29, 1.82) is 0 Å². The summed E-state index contributed by atoms with van der Waals surface area (Å²) in [7, 11) is 4.05. The Morgan fingerprint density at radius 1 is 1.12 bits per heavy atom. The Labute approximate surface area is 158 Å². The summed E-state index contributed by atoms with van der Waals surface area (Å²) in [5.74, 6) is 0.870. The third-order valence-corrected chi connectivity index (χ3v) is 4.50. The number of hydrogen-bond acceptors (Lipinski definition) is 6. The van der Waals surface area contributed by atoms with E-state index in [-0.39, 0.29) is 0 Å². The lowest BCUT2D eigenvalue weighted by Gasteiger charge is -2.11. The summed E-state index contributed by atoms with van der Waals surface area (Å²) in [6, 6.07) is 16.1. The van der Waals surface area contributed by atoms with E-state index in [9.17, 15) is 0 Å². The van der Waals surface area contributed by atoms with Gasteiger partial charge in [-0.05, 0) is 48.9 Å². The average molecular weight is 366 g/mol. The lowest BCUT2D eigenvalue weighted by atomic mass is 10.2. The minimum absolute atomic E-state index is 0.667. The summed E-state index contributed by atoms with van der Waals surface area (Å²) in [5, 5.41) is 7.04. The number of nitrogens with one attached hydrogen (secondary N) is 1. The van der Waals surface area contributed by atoms with Crippen LogP contribution >= 0.6 is 11.3 Å². The fourth-order valence-electron chi connectivity index (χ4n) is 2.37. The first kappa shape index (κ1) is 17.9. The Hall–Kier alpha value is -2.86. The van der Waals surface area contributed by atoms with Gasteiger partial charge in [-0.15, -0.1) is 11.3 Å². The van der Waals surface area contributed by atoms with Gasteiger partial charge in [0.2, 0.25) is 5.13 Å². The molecule has 2 aromatic carbocycles. The Kier molecular flexibility index (Phi) is 5.86. The summed E-state index contributed by atoms with van der Waals surface area (Å²) in [4.78, 5) is 6.64. The summed E-state index contributed by atoms with van der Waals surface area (Å²) in [5.41, 5.74) is 7.17. The second-order valence-corrected chi connectivity index (χ2v) is 6.71. The molecule has 0 bridgehead atoms. The number of hydrogen-bond donors (Lipinski definition) is 1. The molecule has 0 aliphatic rings. The molecule has 0 aliphatic heterocycles. The highest BCUT2D eigenvalue weighted by Crippen LogP contribution is 2.26. The van der Waals surface area contributed by atoms with Crippen LogP contribution < -0.4 is 15.1 Å². The number of ether oxygens (including phenoxy) is 1. The van der Waals surface area contributed by atoms with Crippen LogP contribution in [-0.2, 0) is 0 Å². The first-order chi connectivity index (χ1) is 12.7. The molecule has 0 atom stereocenters. The van der Waals surface area contributed by atoms with Crippen LogP contribution in [0.25, 0.3) is 11.3 Å². The van der Waals surface area contributed by atoms with E-state index in [4.69, 9.17) is 4.74 Å². The molecule has 0 aliphatic carbocycles. The number of benzene rings is 2. The first-order valence-corrected chi connectivity index (χ1v) is 9.29. The Morgan fingerprint density at radius 2 is 1.85 bits per heavy atom. The standard InChI is InChI=1S/C20H22N4OS/c1-4-25-18-11-7-16(8-12-18)19-14-26-20(22-19)23-21-13-15-5-9-17(10-6-15)24(2)3/h5-14H,4H2,1-3H3,(H,22,23). The third kappa shape index (κ3) is 4.61. The van der Waals surface area contributed by atoms with Gasteiger partial charge in [0.05, 0.1) is 18.5 Å². The zero-order valence-electron chi connectivity index (χ0n) is 15.1. The highest BCUT2D eigenvalue weighted by molar-refractivity contribution is 7.14. The molecule has 3 rings (SSSR count). The van der Waals surface area contributed by atoms with Crippen LogP contribution in [-0.4, -0.2) is 31.9 Å². The highest BCUT2D eigenvalue weighted by Gasteiger charge is 2.04. The van der Waals surface area contributed by atoms with Crippen molar-refractivity contribution in [1.82, 2.24) is 4.98 Å². The van der Waals surface area contributed by atoms with Crippen LogP contribution in [0, 0.1) is 0 Å². The predicted octanol–water partition coefficient (Wildman–Crippen LogP) is 4.72. The number of anilines is 2. The number of hydrazone groups is 1. The molecule has 1 aromatic heterocycles. The molecule has 0 fully saturated rings. The molecule has 5 nitrogen and oxygen atoms in total. The molecular weight excluding hydrogens is 344 g/mol. The molecule has 6 heteroatoms. The van der Waals surface area contributed by atoms with Gasteiger partial charge in [0, 0.05) is 30.7 Å². The van der Waals surface area contributed by atoms with Crippen molar-refractivity contribution in [3.63, 3.8) is 0 Å². The largest absolute Gasteiger partial charge is 0.494 e. The van der Waals surface area contributed by atoms with E-state index in [1.165, 1.54) is 11.3 Å². The zero-order valence-corrected chi connectivity index (χ0v) is 16.0. The van der Waals surface area contributed by atoms with Crippen molar-refractivity contribution in [2.75, 3.05) is 31.0 Å². The Balaban J connectivity index is 1.61. The minimum atomic E-state index is 0.667. The topological polar surface area (TPSA) is 49.8 Å². The Bertz CT molecular complexity index is 854. The molecule has 0 unspecified atom stereocenters. The lowest BCUT2D eigenvalue weighted by Crippen LogP contribution is -2.08. The van der Waals surface area contributed by atoms with Gasteiger partial charge in [-0.25, -0.2) is 4.98 Å². The lowest BCUT2D eigenvalue weighted by molar-refractivity contribution is 0.340. The van der Waals surface area contributed by atoms with E-state index in [1.807, 2.05) is 62.8 Å². The fraction of sp³-hybridized carbons (Fsp3) is 0.200. The van der Waals surface area contributed by atoms with Crippen LogP contribution in [0.5, 0.6) is 5.75 Å². The molecule has 0 saturated carbocycles. The first-order valence-electron chi connectivity index (χ1n) is 8.41. The number of nitrogens with zero attached hydrogens (tertiary/aromatic N) is 3. The molecule has 3 aromatic rings. The van der Waals surface area contributed by atoms with Crippen LogP contribution in [0.3, 0.4) is 0 Å². The monoisotopic (exact) mass is 366 g/mol. The maximum absolute atomic E-state index is 5.47. The van der Waals surface area contributed by atoms with Crippen molar-refractivity contribution < 1.29 is 4.74 Å². The predicted molar refractivity (Wildman–Crippen MR) is 111 cm³/mol. The van der Waals surface area contributed by atoms with Crippen LogP contribution in [0.4, 0.5) is 10.8 Å². The maximum Gasteiger partial charge on any atom is 0.203 e. The van der Waals surface area contributed by atoms with Gasteiger partial charge in [0.15, 0.2) is 0 Å². The molecular formula is C20H22N4OS. The summed E-state index contributed by atoms with van der Waals surface area (Å²) >= 11 is 1.53. The molecule has 1 heterocycles. The quantitative estimate of drug-likeness (QED) is 0.485. The van der Waals surface area contributed by atoms with Crippen molar-refractivity contribution in [2.45, 2.75) is 6.92 Å². The van der Waals surface area contributed by atoms with E-state index in [1.54, 1.807) is 6.21 Å². The highest BCUT2D eigenvalue weighted by atomic mass is 32.1. The molecule has 134 valence electrons. The normalized spacial score (nSPS) is 10.9. The Morgan fingerprint density at radius 3 is 2.50 bits per heavy atom. The van der Waals surface area contributed by atoms with Crippen LogP contribution in [0.2, 0.25) is 0 Å². The maximum atomic E-state index is 5.47. The number of rotatable bonds is 7.